The summed E-state index contributed by atoms with van der Waals surface area (Å²) < 4.78 is 25.5. The molecule has 1 aromatic carbocycles. The first kappa shape index (κ1) is 12.3. The van der Waals surface area contributed by atoms with Crippen LogP contribution in [-0.2, 0) is 9.84 Å². The van der Waals surface area contributed by atoms with Gasteiger partial charge in [0.1, 0.15) is 4.21 Å². The molecule has 0 N–H and O–H groups in total. The Morgan fingerprint density at radius 2 is 1.65 bits per heavy atom. The van der Waals surface area contributed by atoms with Crippen LogP contribution in [0.5, 0.6) is 0 Å². The van der Waals surface area contributed by atoms with Crippen LogP contribution in [0.15, 0.2) is 39.4 Å². The van der Waals surface area contributed by atoms with Gasteiger partial charge in [0.05, 0.1) is 4.90 Å². The van der Waals surface area contributed by atoms with E-state index in [0.717, 1.165) is 16.0 Å². The Morgan fingerprint density at radius 1 is 1.00 bits per heavy atom. The fraction of sp³-hybridized carbons (Fsp3) is 0.231. The zero-order chi connectivity index (χ0) is 12.6. The van der Waals surface area contributed by atoms with Crippen LogP contribution in [0, 0.1) is 20.8 Å². The van der Waals surface area contributed by atoms with Crippen molar-refractivity contribution >= 4 is 21.2 Å². The predicted molar refractivity (Wildman–Crippen MR) is 70.4 cm³/mol. The third kappa shape index (κ3) is 2.15. The van der Waals surface area contributed by atoms with Gasteiger partial charge in [0.25, 0.3) is 0 Å². The lowest BCUT2D eigenvalue weighted by Crippen LogP contribution is -2.03. The van der Waals surface area contributed by atoms with Crippen molar-refractivity contribution < 1.29 is 8.42 Å². The number of thiophene rings is 1. The Labute approximate surface area is 106 Å². The van der Waals surface area contributed by atoms with Crippen LogP contribution in [0.4, 0.5) is 0 Å². The molecule has 90 valence electrons. The van der Waals surface area contributed by atoms with Crippen molar-refractivity contribution in [3.8, 4) is 0 Å². The SMILES string of the molecule is Cc1cc(C)c(S(=O)(=O)c2ccccc2C)s1. The highest BCUT2D eigenvalue weighted by Gasteiger charge is 2.23. The summed E-state index contributed by atoms with van der Waals surface area (Å²) in [5, 5.41) is 0. The summed E-state index contributed by atoms with van der Waals surface area (Å²) in [6, 6.07) is 9.01. The average molecular weight is 266 g/mol. The molecule has 0 aliphatic rings. The van der Waals surface area contributed by atoms with Crippen molar-refractivity contribution in [2.75, 3.05) is 0 Å². The minimum absolute atomic E-state index is 0.407. The van der Waals surface area contributed by atoms with Gasteiger partial charge in [-0.15, -0.1) is 11.3 Å². The van der Waals surface area contributed by atoms with Gasteiger partial charge in [0.15, 0.2) is 0 Å². The number of rotatable bonds is 2. The van der Waals surface area contributed by atoms with Crippen LogP contribution in [0.3, 0.4) is 0 Å². The molecule has 0 aliphatic carbocycles. The number of aryl methyl sites for hydroxylation is 3. The summed E-state index contributed by atoms with van der Waals surface area (Å²) in [6.07, 6.45) is 0. The summed E-state index contributed by atoms with van der Waals surface area (Å²) in [6.45, 7) is 5.59. The molecule has 0 amide bonds. The van der Waals surface area contributed by atoms with Gasteiger partial charge in [0, 0.05) is 4.88 Å². The Bertz CT molecular complexity index is 652. The van der Waals surface area contributed by atoms with Gasteiger partial charge >= 0.3 is 0 Å². The second-order valence-electron chi connectivity index (χ2n) is 4.10. The maximum atomic E-state index is 12.5. The standard InChI is InChI=1S/C13H14O2S2/c1-9-6-4-5-7-12(9)17(14,15)13-10(2)8-11(3)16-13/h4-8H,1-3H3. The lowest BCUT2D eigenvalue weighted by atomic mass is 10.2. The van der Waals surface area contributed by atoms with Crippen molar-refractivity contribution in [2.45, 2.75) is 29.9 Å². The molecule has 1 aromatic heterocycles. The van der Waals surface area contributed by atoms with Gasteiger partial charge in [-0.3, -0.25) is 0 Å². The van der Waals surface area contributed by atoms with Crippen LogP contribution in [0.1, 0.15) is 16.0 Å². The van der Waals surface area contributed by atoms with Crippen molar-refractivity contribution in [3.05, 3.63) is 46.3 Å². The van der Waals surface area contributed by atoms with Crippen molar-refractivity contribution in [3.63, 3.8) is 0 Å². The fourth-order valence-corrected chi connectivity index (χ4v) is 5.13. The highest BCUT2D eigenvalue weighted by molar-refractivity contribution is 7.93. The normalized spacial score (nSPS) is 11.7. The van der Waals surface area contributed by atoms with E-state index in [1.165, 1.54) is 11.3 Å². The molecule has 0 saturated carbocycles. The van der Waals surface area contributed by atoms with E-state index in [4.69, 9.17) is 0 Å². The molecule has 0 spiro atoms. The van der Waals surface area contributed by atoms with Gasteiger partial charge in [-0.25, -0.2) is 8.42 Å². The Balaban J connectivity index is 2.66. The van der Waals surface area contributed by atoms with E-state index in [0.29, 0.717) is 9.10 Å². The maximum absolute atomic E-state index is 12.5. The van der Waals surface area contributed by atoms with Crippen LogP contribution < -0.4 is 0 Å². The lowest BCUT2D eigenvalue weighted by Gasteiger charge is -2.06. The molecular weight excluding hydrogens is 252 g/mol. The second kappa shape index (κ2) is 4.27. The van der Waals surface area contributed by atoms with Gasteiger partial charge < -0.3 is 0 Å². The molecule has 0 aliphatic heterocycles. The zero-order valence-corrected chi connectivity index (χ0v) is 11.7. The summed E-state index contributed by atoms with van der Waals surface area (Å²) in [7, 11) is -3.36. The van der Waals surface area contributed by atoms with Gasteiger partial charge in [-0.1, -0.05) is 18.2 Å². The van der Waals surface area contributed by atoms with Crippen molar-refractivity contribution in [1.29, 1.82) is 0 Å². The van der Waals surface area contributed by atoms with E-state index in [9.17, 15) is 8.42 Å². The van der Waals surface area contributed by atoms with Crippen LogP contribution in [0.25, 0.3) is 0 Å². The first-order valence-electron chi connectivity index (χ1n) is 5.30. The monoisotopic (exact) mass is 266 g/mol. The van der Waals surface area contributed by atoms with Gasteiger partial charge in [0.2, 0.25) is 9.84 Å². The van der Waals surface area contributed by atoms with Crippen LogP contribution in [-0.4, -0.2) is 8.42 Å². The largest absolute Gasteiger partial charge is 0.218 e. The van der Waals surface area contributed by atoms with Crippen molar-refractivity contribution in [2.24, 2.45) is 0 Å². The molecule has 0 atom stereocenters. The molecule has 4 heteroatoms. The molecule has 0 fully saturated rings. The molecule has 2 nitrogen and oxygen atoms in total. The van der Waals surface area contributed by atoms with E-state index in [-0.39, 0.29) is 0 Å². The molecule has 1 heterocycles. The summed E-state index contributed by atoms with van der Waals surface area (Å²) in [4.78, 5) is 1.43. The maximum Gasteiger partial charge on any atom is 0.216 e. The smallest absolute Gasteiger partial charge is 0.216 e. The third-order valence-electron chi connectivity index (χ3n) is 2.62. The molecule has 0 radical (unpaired) electrons. The summed E-state index contributed by atoms with van der Waals surface area (Å²) >= 11 is 1.34. The highest BCUT2D eigenvalue weighted by atomic mass is 32.2. The summed E-state index contributed by atoms with van der Waals surface area (Å²) in [5.74, 6) is 0. The van der Waals surface area contributed by atoms with Crippen LogP contribution >= 0.6 is 11.3 Å². The molecule has 2 rings (SSSR count). The van der Waals surface area contributed by atoms with E-state index >= 15 is 0 Å². The molecule has 0 unspecified atom stereocenters. The van der Waals surface area contributed by atoms with E-state index < -0.39 is 9.84 Å². The predicted octanol–water partition coefficient (Wildman–Crippen LogP) is 3.51. The number of benzene rings is 1. The van der Waals surface area contributed by atoms with E-state index in [2.05, 4.69) is 0 Å². The highest BCUT2D eigenvalue weighted by Crippen LogP contribution is 2.32. The minimum atomic E-state index is -3.36. The Hall–Kier alpha value is -1.13. The molecular formula is C13H14O2S2. The van der Waals surface area contributed by atoms with Crippen molar-refractivity contribution in [1.82, 2.24) is 0 Å². The topological polar surface area (TPSA) is 34.1 Å². The quantitative estimate of drug-likeness (QED) is 0.833. The molecule has 17 heavy (non-hydrogen) atoms. The van der Waals surface area contributed by atoms with E-state index in [1.807, 2.05) is 39.0 Å². The number of sulfone groups is 1. The van der Waals surface area contributed by atoms with Crippen LogP contribution in [0.2, 0.25) is 0 Å². The lowest BCUT2D eigenvalue weighted by molar-refractivity contribution is 0.597. The second-order valence-corrected chi connectivity index (χ2v) is 7.47. The first-order chi connectivity index (χ1) is 7.93. The van der Waals surface area contributed by atoms with E-state index in [1.54, 1.807) is 12.1 Å². The fourth-order valence-electron chi connectivity index (χ4n) is 1.84. The first-order valence-corrected chi connectivity index (χ1v) is 7.60. The number of hydrogen-bond acceptors (Lipinski definition) is 3. The molecule has 2 aromatic rings. The Morgan fingerprint density at radius 3 is 2.18 bits per heavy atom. The molecule has 0 saturated heterocycles. The number of hydrogen-bond donors (Lipinski definition) is 0. The van der Waals surface area contributed by atoms with Gasteiger partial charge in [-0.2, -0.15) is 0 Å². The zero-order valence-electron chi connectivity index (χ0n) is 10.0. The third-order valence-corrected chi connectivity index (χ3v) is 6.33. The molecule has 0 bridgehead atoms. The summed E-state index contributed by atoms with van der Waals surface area (Å²) in [5.41, 5.74) is 1.62. The Kier molecular flexibility index (Phi) is 3.10. The average Bonchev–Trinajstić information content (AvgIpc) is 2.59. The minimum Gasteiger partial charge on any atom is -0.218 e. The van der Waals surface area contributed by atoms with Gasteiger partial charge in [-0.05, 0) is 44.0 Å².